The Morgan fingerprint density at radius 2 is 1.71 bits per heavy atom. The van der Waals surface area contributed by atoms with Gasteiger partial charge < -0.3 is 26.0 Å². The van der Waals surface area contributed by atoms with E-state index in [4.69, 9.17) is 20.7 Å². The van der Waals surface area contributed by atoms with Crippen molar-refractivity contribution < 1.29 is 29.3 Å². The molecule has 112 valence electrons. The maximum atomic E-state index is 12.1. The van der Waals surface area contributed by atoms with Crippen LogP contribution in [0.1, 0.15) is 27.1 Å². The third kappa shape index (κ3) is 3.18. The van der Waals surface area contributed by atoms with Crippen LogP contribution in [0.2, 0.25) is 0 Å². The lowest BCUT2D eigenvalue weighted by molar-refractivity contribution is -0.121. The average molecular weight is 294 g/mol. The minimum atomic E-state index is -1.29. The highest BCUT2D eigenvalue weighted by molar-refractivity contribution is 6.01. The van der Waals surface area contributed by atoms with Crippen molar-refractivity contribution in [3.05, 3.63) is 29.3 Å². The molecule has 0 aliphatic carbocycles. The molecule has 1 aliphatic rings. The van der Waals surface area contributed by atoms with Gasteiger partial charge in [0, 0.05) is 12.3 Å². The number of hydrogen-bond acceptors (Lipinski definition) is 5. The average Bonchev–Trinajstić information content (AvgIpc) is 2.86. The minimum absolute atomic E-state index is 0.0588. The molecule has 1 saturated heterocycles. The summed E-state index contributed by atoms with van der Waals surface area (Å²) in [6, 6.07) is 3.36. The van der Waals surface area contributed by atoms with Gasteiger partial charge >= 0.3 is 11.9 Å². The Morgan fingerprint density at radius 1 is 1.14 bits per heavy atom. The normalized spacial score (nSPS) is 21.0. The number of amides is 1. The summed E-state index contributed by atoms with van der Waals surface area (Å²) < 4.78 is 5.07. The molecular weight excluding hydrogens is 280 g/mol. The zero-order chi connectivity index (χ0) is 15.6. The van der Waals surface area contributed by atoms with Crippen LogP contribution in [-0.2, 0) is 9.53 Å². The highest BCUT2D eigenvalue weighted by Gasteiger charge is 2.38. The van der Waals surface area contributed by atoms with Crippen molar-refractivity contribution in [2.75, 3.05) is 18.5 Å². The first kappa shape index (κ1) is 14.9. The molecule has 5 N–H and O–H groups in total. The molecule has 0 aromatic heterocycles. The number of benzene rings is 1. The Bertz CT molecular complexity index is 574. The van der Waals surface area contributed by atoms with E-state index in [0.29, 0.717) is 13.0 Å². The van der Waals surface area contributed by atoms with Gasteiger partial charge in [0.1, 0.15) is 5.54 Å². The van der Waals surface area contributed by atoms with Gasteiger partial charge in [0.15, 0.2) is 0 Å². The smallest absolute Gasteiger partial charge is 0.335 e. The van der Waals surface area contributed by atoms with Crippen molar-refractivity contribution in [1.29, 1.82) is 0 Å². The van der Waals surface area contributed by atoms with Gasteiger partial charge in [-0.3, -0.25) is 4.79 Å². The van der Waals surface area contributed by atoms with E-state index in [1.807, 2.05) is 0 Å². The van der Waals surface area contributed by atoms with Crippen LogP contribution in [0.3, 0.4) is 0 Å². The summed E-state index contributed by atoms with van der Waals surface area (Å²) >= 11 is 0. The highest BCUT2D eigenvalue weighted by Crippen LogP contribution is 2.20. The first-order valence-corrected chi connectivity index (χ1v) is 6.11. The molecule has 1 amide bonds. The Hall–Kier alpha value is -2.45. The summed E-state index contributed by atoms with van der Waals surface area (Å²) in [7, 11) is 0. The number of carbonyl (C=O) groups is 3. The van der Waals surface area contributed by atoms with E-state index in [9.17, 15) is 14.4 Å². The maximum Gasteiger partial charge on any atom is 0.335 e. The number of ether oxygens (including phenoxy) is 1. The van der Waals surface area contributed by atoms with Gasteiger partial charge in [0.25, 0.3) is 0 Å². The molecule has 1 aromatic rings. The first-order chi connectivity index (χ1) is 9.82. The van der Waals surface area contributed by atoms with Gasteiger partial charge in [-0.2, -0.15) is 0 Å². The predicted molar refractivity (Wildman–Crippen MR) is 71.3 cm³/mol. The second-order valence-electron chi connectivity index (χ2n) is 4.82. The van der Waals surface area contributed by atoms with Crippen LogP contribution in [0.5, 0.6) is 0 Å². The lowest BCUT2D eigenvalue weighted by atomic mass is 9.99. The fraction of sp³-hybridized carbons (Fsp3) is 0.308. The summed E-state index contributed by atoms with van der Waals surface area (Å²) in [5.41, 5.74) is 4.27. The zero-order valence-electron chi connectivity index (χ0n) is 11.0. The number of rotatable bonds is 4. The standard InChI is InChI=1S/C13H14N2O6/c14-13(1-2-21-6-13)12(20)15-9-4-7(10(16)17)3-8(5-9)11(18)19/h3-5H,1-2,6,14H2,(H,15,20)(H,16,17)(H,18,19). The Morgan fingerprint density at radius 3 is 2.14 bits per heavy atom. The maximum absolute atomic E-state index is 12.1. The summed E-state index contributed by atoms with van der Waals surface area (Å²) in [6.07, 6.45) is 0.337. The van der Waals surface area contributed by atoms with Crippen molar-refractivity contribution in [2.24, 2.45) is 5.73 Å². The second kappa shape index (κ2) is 5.51. The lowest BCUT2D eigenvalue weighted by Gasteiger charge is -2.20. The van der Waals surface area contributed by atoms with Crippen molar-refractivity contribution in [3.8, 4) is 0 Å². The van der Waals surface area contributed by atoms with Crippen molar-refractivity contribution in [2.45, 2.75) is 12.0 Å². The SMILES string of the molecule is NC1(C(=O)Nc2cc(C(=O)O)cc(C(=O)O)c2)CCOC1. The van der Waals surface area contributed by atoms with Crippen molar-refractivity contribution in [3.63, 3.8) is 0 Å². The molecule has 1 atom stereocenters. The molecule has 8 heteroatoms. The van der Waals surface area contributed by atoms with Gasteiger partial charge in [-0.15, -0.1) is 0 Å². The fourth-order valence-electron chi connectivity index (χ4n) is 1.96. The van der Waals surface area contributed by atoms with Crippen LogP contribution in [0, 0.1) is 0 Å². The van der Waals surface area contributed by atoms with E-state index in [0.717, 1.165) is 6.07 Å². The van der Waals surface area contributed by atoms with E-state index in [2.05, 4.69) is 5.32 Å². The summed E-state index contributed by atoms with van der Waals surface area (Å²) in [6.45, 7) is 0.419. The molecule has 1 unspecified atom stereocenters. The molecule has 1 aromatic carbocycles. The molecule has 1 heterocycles. The van der Waals surface area contributed by atoms with Crippen LogP contribution < -0.4 is 11.1 Å². The monoisotopic (exact) mass is 294 g/mol. The molecule has 0 bridgehead atoms. The molecule has 2 rings (SSSR count). The molecule has 0 spiro atoms. The number of hydrogen-bond donors (Lipinski definition) is 4. The quantitative estimate of drug-likeness (QED) is 0.619. The van der Waals surface area contributed by atoms with Crippen LogP contribution in [0.4, 0.5) is 5.69 Å². The van der Waals surface area contributed by atoms with Gasteiger partial charge in [-0.25, -0.2) is 9.59 Å². The van der Waals surface area contributed by atoms with Gasteiger partial charge in [-0.1, -0.05) is 0 Å². The predicted octanol–water partition coefficient (Wildman–Crippen LogP) is 0.139. The highest BCUT2D eigenvalue weighted by atomic mass is 16.5. The Labute approximate surface area is 119 Å². The summed E-state index contributed by atoms with van der Waals surface area (Å²) in [5.74, 6) is -3.13. The molecule has 1 fully saturated rings. The van der Waals surface area contributed by atoms with E-state index < -0.39 is 23.4 Å². The number of nitrogens with two attached hydrogens (primary N) is 1. The van der Waals surface area contributed by atoms with Crippen LogP contribution in [0.25, 0.3) is 0 Å². The molecule has 0 radical (unpaired) electrons. The fourth-order valence-corrected chi connectivity index (χ4v) is 1.96. The number of nitrogens with one attached hydrogen (secondary N) is 1. The number of carboxylic acids is 2. The summed E-state index contributed by atoms with van der Waals surface area (Å²) in [5, 5.41) is 20.4. The van der Waals surface area contributed by atoms with Crippen LogP contribution >= 0.6 is 0 Å². The topological polar surface area (TPSA) is 139 Å². The first-order valence-electron chi connectivity index (χ1n) is 6.11. The van der Waals surface area contributed by atoms with Crippen LogP contribution in [0.15, 0.2) is 18.2 Å². The minimum Gasteiger partial charge on any atom is -0.478 e. The van der Waals surface area contributed by atoms with Crippen molar-refractivity contribution >= 4 is 23.5 Å². The lowest BCUT2D eigenvalue weighted by Crippen LogP contribution is -2.51. The van der Waals surface area contributed by atoms with Gasteiger partial charge in [-0.05, 0) is 24.6 Å². The van der Waals surface area contributed by atoms with Gasteiger partial charge in [0.2, 0.25) is 5.91 Å². The number of anilines is 1. The number of carboxylic acid groups (broad SMARTS) is 2. The Kier molecular flexibility index (Phi) is 3.92. The third-order valence-corrected chi connectivity index (χ3v) is 3.19. The van der Waals surface area contributed by atoms with E-state index in [1.165, 1.54) is 12.1 Å². The van der Waals surface area contributed by atoms with E-state index in [1.54, 1.807) is 0 Å². The molecular formula is C13H14N2O6. The molecule has 0 saturated carbocycles. The van der Waals surface area contributed by atoms with E-state index >= 15 is 0 Å². The van der Waals surface area contributed by atoms with Gasteiger partial charge in [0.05, 0.1) is 17.7 Å². The Balaban J connectivity index is 2.28. The molecule has 21 heavy (non-hydrogen) atoms. The van der Waals surface area contributed by atoms with Crippen molar-refractivity contribution in [1.82, 2.24) is 0 Å². The number of aromatic carboxylic acids is 2. The largest absolute Gasteiger partial charge is 0.478 e. The molecule has 8 nitrogen and oxygen atoms in total. The van der Waals surface area contributed by atoms with Crippen LogP contribution in [-0.4, -0.2) is 46.8 Å². The third-order valence-electron chi connectivity index (χ3n) is 3.19. The zero-order valence-corrected chi connectivity index (χ0v) is 11.0. The molecule has 1 aliphatic heterocycles. The number of carbonyl (C=O) groups excluding carboxylic acids is 1. The van der Waals surface area contributed by atoms with E-state index in [-0.39, 0.29) is 23.4 Å². The second-order valence-corrected chi connectivity index (χ2v) is 4.82. The summed E-state index contributed by atoms with van der Waals surface area (Å²) in [4.78, 5) is 34.1.